The average Bonchev–Trinajstić information content (AvgIpc) is 2.21. The van der Waals surface area contributed by atoms with Gasteiger partial charge in [-0.25, -0.2) is 0 Å². The van der Waals surface area contributed by atoms with Crippen molar-refractivity contribution in [3.05, 3.63) is 0 Å². The summed E-state index contributed by atoms with van der Waals surface area (Å²) in [6, 6.07) is 0.320. The van der Waals surface area contributed by atoms with E-state index in [2.05, 4.69) is 17.1 Å². The van der Waals surface area contributed by atoms with Gasteiger partial charge in [0.25, 0.3) is 0 Å². The Morgan fingerprint density at radius 3 is 2.87 bits per heavy atom. The molecule has 4 nitrogen and oxygen atoms in total. The van der Waals surface area contributed by atoms with Crippen molar-refractivity contribution in [3.63, 3.8) is 0 Å². The van der Waals surface area contributed by atoms with Gasteiger partial charge in [0, 0.05) is 25.7 Å². The van der Waals surface area contributed by atoms with E-state index in [9.17, 15) is 4.79 Å². The second-order valence-corrected chi connectivity index (χ2v) is 4.31. The van der Waals surface area contributed by atoms with E-state index in [-0.39, 0.29) is 5.91 Å². The number of carbonyl (C=O) groups is 1. The lowest BCUT2D eigenvalue weighted by atomic mass is 9.91. The van der Waals surface area contributed by atoms with E-state index in [0.29, 0.717) is 25.0 Å². The molecular formula is C11H23N3O. The summed E-state index contributed by atoms with van der Waals surface area (Å²) in [6.45, 7) is 7.27. The van der Waals surface area contributed by atoms with Crippen LogP contribution in [0.4, 0.5) is 0 Å². The molecule has 88 valence electrons. The highest BCUT2D eigenvalue weighted by Gasteiger charge is 2.25. The van der Waals surface area contributed by atoms with Gasteiger partial charge >= 0.3 is 0 Å². The van der Waals surface area contributed by atoms with E-state index in [1.807, 2.05) is 6.92 Å². The van der Waals surface area contributed by atoms with Gasteiger partial charge < -0.3 is 11.1 Å². The molecule has 1 rings (SSSR count). The number of piperidine rings is 1. The van der Waals surface area contributed by atoms with E-state index in [1.165, 1.54) is 0 Å². The average molecular weight is 213 g/mol. The number of nitrogens with one attached hydrogen (secondary N) is 1. The molecule has 2 atom stereocenters. The lowest BCUT2D eigenvalue weighted by Gasteiger charge is -2.36. The Morgan fingerprint density at radius 1 is 1.53 bits per heavy atom. The highest BCUT2D eigenvalue weighted by Crippen LogP contribution is 2.17. The van der Waals surface area contributed by atoms with Crippen LogP contribution in [0.1, 0.15) is 26.7 Å². The van der Waals surface area contributed by atoms with Crippen LogP contribution >= 0.6 is 0 Å². The molecular weight excluding hydrogens is 190 g/mol. The Bertz CT molecular complexity index is 208. The Morgan fingerprint density at radius 2 is 2.27 bits per heavy atom. The van der Waals surface area contributed by atoms with Crippen LogP contribution in [0.15, 0.2) is 0 Å². The molecule has 1 aliphatic rings. The topological polar surface area (TPSA) is 58.4 Å². The van der Waals surface area contributed by atoms with E-state index in [0.717, 1.165) is 25.9 Å². The quantitative estimate of drug-likeness (QED) is 0.700. The van der Waals surface area contributed by atoms with Gasteiger partial charge in [-0.2, -0.15) is 0 Å². The minimum Gasteiger partial charge on any atom is -0.355 e. The smallest absolute Gasteiger partial charge is 0.234 e. The standard InChI is InChI=1S/C11H23N3O/c1-3-9-7-14(6-5-10(9)12)8-11(15)13-4-2/h9-10H,3-8,12H2,1-2H3,(H,13,15). The molecule has 0 radical (unpaired) electrons. The first kappa shape index (κ1) is 12.5. The molecule has 1 aliphatic heterocycles. The summed E-state index contributed by atoms with van der Waals surface area (Å²) < 4.78 is 0. The fourth-order valence-corrected chi connectivity index (χ4v) is 2.16. The number of likely N-dealkylation sites (N-methyl/N-ethyl adjacent to an activating group) is 1. The minimum atomic E-state index is 0.128. The molecule has 3 N–H and O–H groups in total. The summed E-state index contributed by atoms with van der Waals surface area (Å²) in [6.07, 6.45) is 2.12. The Labute approximate surface area is 92.2 Å². The number of hydrogen-bond donors (Lipinski definition) is 2. The molecule has 1 amide bonds. The van der Waals surface area contributed by atoms with Crippen LogP contribution in [-0.2, 0) is 4.79 Å². The molecule has 1 heterocycles. The van der Waals surface area contributed by atoms with Crippen molar-refractivity contribution in [2.24, 2.45) is 11.7 Å². The third kappa shape index (κ3) is 3.80. The second-order valence-electron chi connectivity index (χ2n) is 4.31. The third-order valence-corrected chi connectivity index (χ3v) is 3.14. The van der Waals surface area contributed by atoms with Gasteiger partial charge in [0.2, 0.25) is 5.91 Å². The van der Waals surface area contributed by atoms with Gasteiger partial charge in [0.05, 0.1) is 6.54 Å². The van der Waals surface area contributed by atoms with Crippen LogP contribution in [0.25, 0.3) is 0 Å². The maximum absolute atomic E-state index is 11.4. The van der Waals surface area contributed by atoms with Crippen molar-refractivity contribution in [2.45, 2.75) is 32.7 Å². The van der Waals surface area contributed by atoms with Gasteiger partial charge in [-0.15, -0.1) is 0 Å². The number of rotatable bonds is 4. The van der Waals surface area contributed by atoms with Gasteiger partial charge in [-0.05, 0) is 19.3 Å². The highest BCUT2D eigenvalue weighted by atomic mass is 16.2. The van der Waals surface area contributed by atoms with Gasteiger partial charge in [-0.3, -0.25) is 9.69 Å². The van der Waals surface area contributed by atoms with Gasteiger partial charge in [-0.1, -0.05) is 13.3 Å². The van der Waals surface area contributed by atoms with E-state index in [1.54, 1.807) is 0 Å². The second kappa shape index (κ2) is 6.08. The lowest BCUT2D eigenvalue weighted by Crippen LogP contribution is -2.49. The predicted molar refractivity (Wildman–Crippen MR) is 61.5 cm³/mol. The van der Waals surface area contributed by atoms with E-state index in [4.69, 9.17) is 5.73 Å². The first-order valence-electron chi connectivity index (χ1n) is 5.92. The Hall–Kier alpha value is -0.610. The van der Waals surface area contributed by atoms with Gasteiger partial charge in [0.15, 0.2) is 0 Å². The van der Waals surface area contributed by atoms with Crippen LogP contribution in [-0.4, -0.2) is 43.0 Å². The summed E-state index contributed by atoms with van der Waals surface area (Å²) in [4.78, 5) is 13.6. The molecule has 0 aromatic rings. The van der Waals surface area contributed by atoms with Crippen molar-refractivity contribution in [3.8, 4) is 0 Å². The van der Waals surface area contributed by atoms with Crippen molar-refractivity contribution >= 4 is 5.91 Å². The summed E-state index contributed by atoms with van der Waals surface area (Å²) in [5.74, 6) is 0.677. The highest BCUT2D eigenvalue weighted by molar-refractivity contribution is 5.77. The van der Waals surface area contributed by atoms with Crippen molar-refractivity contribution in [2.75, 3.05) is 26.2 Å². The molecule has 4 heteroatoms. The summed E-state index contributed by atoms with van der Waals surface area (Å²) in [5, 5.41) is 2.83. The number of hydrogen-bond acceptors (Lipinski definition) is 3. The molecule has 0 aromatic carbocycles. The molecule has 0 aliphatic carbocycles. The fourth-order valence-electron chi connectivity index (χ4n) is 2.16. The zero-order chi connectivity index (χ0) is 11.3. The number of nitrogens with zero attached hydrogens (tertiary/aromatic N) is 1. The molecule has 0 aromatic heterocycles. The minimum absolute atomic E-state index is 0.128. The summed E-state index contributed by atoms with van der Waals surface area (Å²) in [7, 11) is 0. The Balaban J connectivity index is 2.34. The van der Waals surface area contributed by atoms with E-state index < -0.39 is 0 Å². The molecule has 1 fully saturated rings. The summed E-state index contributed by atoms with van der Waals surface area (Å²) >= 11 is 0. The van der Waals surface area contributed by atoms with Crippen LogP contribution in [0.5, 0.6) is 0 Å². The van der Waals surface area contributed by atoms with Crippen molar-refractivity contribution < 1.29 is 4.79 Å². The summed E-state index contributed by atoms with van der Waals surface area (Å²) in [5.41, 5.74) is 6.01. The number of nitrogens with two attached hydrogens (primary N) is 1. The van der Waals surface area contributed by atoms with Crippen molar-refractivity contribution in [1.82, 2.24) is 10.2 Å². The fraction of sp³-hybridized carbons (Fsp3) is 0.909. The number of carbonyl (C=O) groups excluding carboxylic acids is 1. The van der Waals surface area contributed by atoms with E-state index >= 15 is 0 Å². The maximum atomic E-state index is 11.4. The van der Waals surface area contributed by atoms with Crippen LogP contribution in [0.3, 0.4) is 0 Å². The zero-order valence-corrected chi connectivity index (χ0v) is 9.83. The molecule has 0 bridgehead atoms. The lowest BCUT2D eigenvalue weighted by molar-refractivity contribution is -0.122. The van der Waals surface area contributed by atoms with Crippen LogP contribution in [0, 0.1) is 5.92 Å². The SMILES string of the molecule is CCNC(=O)CN1CCC(N)C(CC)C1. The van der Waals surface area contributed by atoms with Gasteiger partial charge in [0.1, 0.15) is 0 Å². The maximum Gasteiger partial charge on any atom is 0.234 e. The predicted octanol–water partition coefficient (Wildman–Crippen LogP) is 0.182. The number of amides is 1. The first-order valence-corrected chi connectivity index (χ1v) is 5.92. The van der Waals surface area contributed by atoms with Crippen LogP contribution < -0.4 is 11.1 Å². The first-order chi connectivity index (χ1) is 7.17. The van der Waals surface area contributed by atoms with Crippen molar-refractivity contribution in [1.29, 1.82) is 0 Å². The normalized spacial score (nSPS) is 27.7. The molecule has 0 spiro atoms. The van der Waals surface area contributed by atoms with Crippen LogP contribution in [0.2, 0.25) is 0 Å². The third-order valence-electron chi connectivity index (χ3n) is 3.14. The molecule has 1 saturated heterocycles. The monoisotopic (exact) mass is 213 g/mol. The largest absolute Gasteiger partial charge is 0.355 e. The molecule has 15 heavy (non-hydrogen) atoms. The molecule has 2 unspecified atom stereocenters. The zero-order valence-electron chi connectivity index (χ0n) is 9.83. The molecule has 0 saturated carbocycles. The number of likely N-dealkylation sites (tertiary alicyclic amines) is 1. The Kier molecular flexibility index (Phi) is 5.05.